The molecule has 1 N–H and O–H groups in total. The van der Waals surface area contributed by atoms with Crippen molar-refractivity contribution in [2.75, 3.05) is 6.61 Å². The number of carbonyl (C=O) groups is 1. The number of ether oxygens (including phenoxy) is 1. The highest BCUT2D eigenvalue weighted by atomic mass is 16.5. The summed E-state index contributed by atoms with van der Waals surface area (Å²) in [4.78, 5) is 24.4. The maximum atomic E-state index is 11.1. The maximum Gasteiger partial charge on any atom is 0.310 e. The zero-order valence-corrected chi connectivity index (χ0v) is 8.24. The van der Waals surface area contributed by atoms with Crippen LogP contribution in [0.1, 0.15) is 18.2 Å². The van der Waals surface area contributed by atoms with Crippen LogP contribution in [0, 0.1) is 11.3 Å². The van der Waals surface area contributed by atoms with Crippen molar-refractivity contribution in [1.82, 2.24) is 4.98 Å². The second-order valence-corrected chi connectivity index (χ2v) is 2.82. The summed E-state index contributed by atoms with van der Waals surface area (Å²) < 4.78 is 4.74. The standard InChI is InChI=1S/C10H10N2O3/c1-2-15-10(14)5-7-3-4-9(13)12-8(7)6-11/h3-4H,2,5H2,1H3,(H,12,13). The molecule has 0 unspecified atom stereocenters. The molecule has 0 aliphatic rings. The van der Waals surface area contributed by atoms with Gasteiger partial charge in [0.2, 0.25) is 5.56 Å². The van der Waals surface area contributed by atoms with Crippen LogP contribution in [0.2, 0.25) is 0 Å². The summed E-state index contributed by atoms with van der Waals surface area (Å²) in [7, 11) is 0. The largest absolute Gasteiger partial charge is 0.466 e. The lowest BCUT2D eigenvalue weighted by atomic mass is 10.1. The third-order valence-electron chi connectivity index (χ3n) is 1.76. The second-order valence-electron chi connectivity index (χ2n) is 2.82. The third-order valence-corrected chi connectivity index (χ3v) is 1.76. The molecule has 0 fully saturated rings. The second kappa shape index (κ2) is 4.96. The Morgan fingerprint density at radius 1 is 1.60 bits per heavy atom. The average molecular weight is 206 g/mol. The minimum Gasteiger partial charge on any atom is -0.466 e. The third kappa shape index (κ3) is 2.95. The highest BCUT2D eigenvalue weighted by molar-refractivity contribution is 5.73. The van der Waals surface area contributed by atoms with Crippen LogP contribution in [0.3, 0.4) is 0 Å². The molecule has 15 heavy (non-hydrogen) atoms. The van der Waals surface area contributed by atoms with Gasteiger partial charge in [0.1, 0.15) is 11.8 Å². The smallest absolute Gasteiger partial charge is 0.310 e. The van der Waals surface area contributed by atoms with Gasteiger partial charge in [0.05, 0.1) is 13.0 Å². The molecular formula is C10H10N2O3. The van der Waals surface area contributed by atoms with E-state index in [1.165, 1.54) is 12.1 Å². The lowest BCUT2D eigenvalue weighted by Crippen LogP contribution is -2.13. The first-order valence-electron chi connectivity index (χ1n) is 4.45. The van der Waals surface area contributed by atoms with Crippen molar-refractivity contribution in [3.8, 4) is 6.07 Å². The first kappa shape index (κ1) is 11.0. The Balaban J connectivity index is 2.91. The van der Waals surface area contributed by atoms with Gasteiger partial charge in [-0.15, -0.1) is 0 Å². The van der Waals surface area contributed by atoms with Crippen molar-refractivity contribution in [2.24, 2.45) is 0 Å². The molecule has 0 bridgehead atoms. The van der Waals surface area contributed by atoms with Gasteiger partial charge in [-0.3, -0.25) is 9.59 Å². The molecule has 0 saturated heterocycles. The van der Waals surface area contributed by atoms with Gasteiger partial charge in [-0.1, -0.05) is 6.07 Å². The number of H-pyrrole nitrogens is 1. The molecule has 1 heterocycles. The molecule has 0 amide bonds. The van der Waals surface area contributed by atoms with Crippen LogP contribution in [0.15, 0.2) is 16.9 Å². The van der Waals surface area contributed by atoms with E-state index in [1.807, 2.05) is 6.07 Å². The average Bonchev–Trinajstić information content (AvgIpc) is 2.21. The van der Waals surface area contributed by atoms with E-state index < -0.39 is 5.97 Å². The fourth-order valence-electron chi connectivity index (χ4n) is 1.12. The van der Waals surface area contributed by atoms with Gasteiger partial charge in [-0.05, 0) is 12.5 Å². The number of pyridine rings is 1. The number of hydrogen-bond donors (Lipinski definition) is 1. The van der Waals surface area contributed by atoms with E-state index in [0.29, 0.717) is 12.2 Å². The summed E-state index contributed by atoms with van der Waals surface area (Å²) in [5, 5.41) is 8.71. The molecule has 0 aliphatic carbocycles. The Morgan fingerprint density at radius 3 is 2.93 bits per heavy atom. The minimum absolute atomic E-state index is 0.00644. The number of esters is 1. The number of nitrogens with zero attached hydrogens (tertiary/aromatic N) is 1. The van der Waals surface area contributed by atoms with Crippen LogP contribution in [-0.4, -0.2) is 17.6 Å². The van der Waals surface area contributed by atoms with E-state index in [2.05, 4.69) is 4.98 Å². The van der Waals surface area contributed by atoms with E-state index in [1.54, 1.807) is 6.92 Å². The zero-order valence-electron chi connectivity index (χ0n) is 8.24. The molecule has 0 radical (unpaired) electrons. The lowest BCUT2D eigenvalue weighted by molar-refractivity contribution is -0.142. The predicted molar refractivity (Wildman–Crippen MR) is 52.1 cm³/mol. The maximum absolute atomic E-state index is 11.1. The lowest BCUT2D eigenvalue weighted by Gasteiger charge is -2.02. The van der Waals surface area contributed by atoms with Crippen LogP contribution >= 0.6 is 0 Å². The van der Waals surface area contributed by atoms with Gasteiger partial charge < -0.3 is 9.72 Å². The number of aromatic amines is 1. The van der Waals surface area contributed by atoms with Crippen LogP contribution < -0.4 is 5.56 Å². The molecular weight excluding hydrogens is 196 g/mol. The van der Waals surface area contributed by atoms with Crippen molar-refractivity contribution in [3.63, 3.8) is 0 Å². The Morgan fingerprint density at radius 2 is 2.33 bits per heavy atom. The first-order chi connectivity index (χ1) is 7.17. The van der Waals surface area contributed by atoms with Crippen LogP contribution in [0.25, 0.3) is 0 Å². The molecule has 1 rings (SSSR count). The van der Waals surface area contributed by atoms with Crippen molar-refractivity contribution < 1.29 is 9.53 Å². The van der Waals surface area contributed by atoms with Gasteiger partial charge in [-0.2, -0.15) is 5.26 Å². The van der Waals surface area contributed by atoms with Crippen LogP contribution in [0.4, 0.5) is 0 Å². The van der Waals surface area contributed by atoms with Crippen LogP contribution in [0.5, 0.6) is 0 Å². The van der Waals surface area contributed by atoms with Crippen molar-refractivity contribution >= 4 is 5.97 Å². The van der Waals surface area contributed by atoms with Gasteiger partial charge in [-0.25, -0.2) is 0 Å². The highest BCUT2D eigenvalue weighted by Gasteiger charge is 2.08. The van der Waals surface area contributed by atoms with Gasteiger partial charge in [0.25, 0.3) is 0 Å². The Hall–Kier alpha value is -2.09. The fraction of sp³-hybridized carbons (Fsp3) is 0.300. The Kier molecular flexibility index (Phi) is 3.63. The summed E-state index contributed by atoms with van der Waals surface area (Å²) in [5.74, 6) is -0.416. The summed E-state index contributed by atoms with van der Waals surface area (Å²) in [6.07, 6.45) is -0.00644. The fourth-order valence-corrected chi connectivity index (χ4v) is 1.12. The number of aromatic nitrogens is 1. The van der Waals surface area contributed by atoms with Gasteiger partial charge in [0.15, 0.2) is 0 Å². The Labute approximate surface area is 86.3 Å². The van der Waals surface area contributed by atoms with E-state index in [9.17, 15) is 9.59 Å². The molecule has 1 aromatic rings. The first-order valence-corrected chi connectivity index (χ1v) is 4.45. The number of nitriles is 1. The summed E-state index contributed by atoms with van der Waals surface area (Å²) in [6, 6.07) is 4.55. The molecule has 0 aliphatic heterocycles. The minimum atomic E-state index is -0.416. The topological polar surface area (TPSA) is 83.0 Å². The monoisotopic (exact) mass is 206 g/mol. The number of hydrogen-bond acceptors (Lipinski definition) is 4. The summed E-state index contributed by atoms with van der Waals surface area (Å²) in [5.41, 5.74) is 0.213. The highest BCUT2D eigenvalue weighted by Crippen LogP contribution is 2.03. The normalized spacial score (nSPS) is 9.33. The molecule has 0 saturated carbocycles. The molecule has 0 spiro atoms. The molecule has 78 valence electrons. The van der Waals surface area contributed by atoms with Crippen molar-refractivity contribution in [3.05, 3.63) is 33.7 Å². The zero-order chi connectivity index (χ0) is 11.3. The van der Waals surface area contributed by atoms with E-state index in [-0.39, 0.29) is 17.7 Å². The van der Waals surface area contributed by atoms with Gasteiger partial charge >= 0.3 is 5.97 Å². The van der Waals surface area contributed by atoms with Crippen LogP contribution in [-0.2, 0) is 16.0 Å². The van der Waals surface area contributed by atoms with E-state index >= 15 is 0 Å². The molecule has 5 nitrogen and oxygen atoms in total. The molecule has 0 aromatic carbocycles. The molecule has 5 heteroatoms. The predicted octanol–water partition coefficient (Wildman–Crippen LogP) is 0.352. The van der Waals surface area contributed by atoms with Crippen molar-refractivity contribution in [2.45, 2.75) is 13.3 Å². The quantitative estimate of drug-likeness (QED) is 0.723. The molecule has 1 aromatic heterocycles. The Bertz CT molecular complexity index is 456. The number of rotatable bonds is 3. The summed E-state index contributed by atoms with van der Waals surface area (Å²) >= 11 is 0. The van der Waals surface area contributed by atoms with Gasteiger partial charge in [0, 0.05) is 6.07 Å². The SMILES string of the molecule is CCOC(=O)Cc1ccc(=O)[nH]c1C#N. The summed E-state index contributed by atoms with van der Waals surface area (Å²) in [6.45, 7) is 2.00. The van der Waals surface area contributed by atoms with Crippen molar-refractivity contribution in [1.29, 1.82) is 5.26 Å². The molecule has 0 atom stereocenters. The van der Waals surface area contributed by atoms with E-state index in [4.69, 9.17) is 10.00 Å². The number of nitrogens with one attached hydrogen (secondary N) is 1. The van der Waals surface area contributed by atoms with E-state index in [0.717, 1.165) is 0 Å². The number of carbonyl (C=O) groups excluding carboxylic acids is 1.